The Bertz CT molecular complexity index is 800. The molecule has 1 saturated heterocycles. The van der Waals surface area contributed by atoms with Gasteiger partial charge < -0.3 is 14.4 Å². The highest BCUT2D eigenvalue weighted by Crippen LogP contribution is 2.43. The smallest absolute Gasteiger partial charge is 0.258 e. The monoisotopic (exact) mass is 397 g/mol. The molecule has 4 nitrogen and oxygen atoms in total. The van der Waals surface area contributed by atoms with Crippen LogP contribution in [0.5, 0.6) is 11.5 Å². The molecule has 2 aromatic rings. The maximum Gasteiger partial charge on any atom is 0.258 e. The average molecular weight is 398 g/mol. The summed E-state index contributed by atoms with van der Waals surface area (Å²) >= 11 is 14.0. The molecule has 2 aromatic carbocycles. The number of hydrogen-bond donors (Lipinski definition) is 0. The molecule has 0 aromatic heterocycles. The zero-order chi connectivity index (χ0) is 18.0. The SMILES string of the molecule is COc1ccc(C(=O)N2CCSC2c2ccc(Cl)cc2Cl)c(OC)c1. The minimum Gasteiger partial charge on any atom is -0.497 e. The van der Waals surface area contributed by atoms with E-state index in [9.17, 15) is 4.79 Å². The van der Waals surface area contributed by atoms with Crippen LogP contribution in [0.15, 0.2) is 36.4 Å². The predicted molar refractivity (Wildman–Crippen MR) is 102 cm³/mol. The first-order valence-electron chi connectivity index (χ1n) is 7.64. The lowest BCUT2D eigenvalue weighted by atomic mass is 10.1. The zero-order valence-corrected chi connectivity index (χ0v) is 16.1. The summed E-state index contributed by atoms with van der Waals surface area (Å²) in [5, 5.41) is 0.988. The highest BCUT2D eigenvalue weighted by atomic mass is 35.5. The fourth-order valence-electron chi connectivity index (χ4n) is 2.77. The number of nitrogens with zero attached hydrogens (tertiary/aromatic N) is 1. The Morgan fingerprint density at radius 3 is 2.64 bits per heavy atom. The highest BCUT2D eigenvalue weighted by molar-refractivity contribution is 7.99. The first-order valence-corrected chi connectivity index (χ1v) is 9.45. The van der Waals surface area contributed by atoms with Gasteiger partial charge in [-0.25, -0.2) is 0 Å². The Labute approximate surface area is 161 Å². The van der Waals surface area contributed by atoms with Gasteiger partial charge >= 0.3 is 0 Å². The molecule has 1 aliphatic heterocycles. The van der Waals surface area contributed by atoms with Gasteiger partial charge in [-0.1, -0.05) is 29.3 Å². The van der Waals surface area contributed by atoms with Crippen molar-refractivity contribution in [2.24, 2.45) is 0 Å². The molecule has 1 fully saturated rings. The fraction of sp³-hybridized carbons (Fsp3) is 0.278. The maximum absolute atomic E-state index is 13.1. The molecule has 1 unspecified atom stereocenters. The van der Waals surface area contributed by atoms with Crippen molar-refractivity contribution in [2.45, 2.75) is 5.37 Å². The van der Waals surface area contributed by atoms with Gasteiger partial charge in [0.1, 0.15) is 16.9 Å². The number of benzene rings is 2. The summed E-state index contributed by atoms with van der Waals surface area (Å²) in [5.41, 5.74) is 1.38. The number of ether oxygens (including phenoxy) is 2. The summed E-state index contributed by atoms with van der Waals surface area (Å²) in [6.07, 6.45) is 0. The second kappa shape index (κ2) is 7.77. The highest BCUT2D eigenvalue weighted by Gasteiger charge is 2.33. The van der Waals surface area contributed by atoms with Gasteiger partial charge in [0.05, 0.1) is 19.8 Å². The molecule has 25 heavy (non-hydrogen) atoms. The van der Waals surface area contributed by atoms with E-state index in [1.807, 2.05) is 11.0 Å². The fourth-order valence-corrected chi connectivity index (χ4v) is 4.64. The molecule has 1 aliphatic rings. The van der Waals surface area contributed by atoms with E-state index in [0.717, 1.165) is 11.3 Å². The van der Waals surface area contributed by atoms with Crippen LogP contribution in [-0.2, 0) is 0 Å². The molecule has 0 spiro atoms. The van der Waals surface area contributed by atoms with Crippen LogP contribution in [0.25, 0.3) is 0 Å². The molecule has 0 saturated carbocycles. The molecule has 0 aliphatic carbocycles. The predicted octanol–water partition coefficient (Wildman–Crippen LogP) is 4.90. The Morgan fingerprint density at radius 1 is 1.16 bits per heavy atom. The van der Waals surface area contributed by atoms with Gasteiger partial charge in [0, 0.05) is 34.0 Å². The lowest BCUT2D eigenvalue weighted by Gasteiger charge is -2.25. The Hall–Kier alpha value is -1.56. The van der Waals surface area contributed by atoms with Crippen LogP contribution in [0.3, 0.4) is 0 Å². The van der Waals surface area contributed by atoms with E-state index in [-0.39, 0.29) is 11.3 Å². The van der Waals surface area contributed by atoms with Crippen molar-refractivity contribution < 1.29 is 14.3 Å². The largest absolute Gasteiger partial charge is 0.497 e. The molecule has 1 atom stereocenters. The summed E-state index contributed by atoms with van der Waals surface area (Å²) in [4.78, 5) is 14.9. The lowest BCUT2D eigenvalue weighted by molar-refractivity contribution is 0.0757. The summed E-state index contributed by atoms with van der Waals surface area (Å²) in [6.45, 7) is 0.641. The third-order valence-corrected chi connectivity index (χ3v) is 5.82. The number of methoxy groups -OCH3 is 2. The van der Waals surface area contributed by atoms with E-state index < -0.39 is 0 Å². The number of carbonyl (C=O) groups is 1. The second-order valence-corrected chi connectivity index (χ2v) is 7.49. The van der Waals surface area contributed by atoms with E-state index in [4.69, 9.17) is 32.7 Å². The van der Waals surface area contributed by atoms with Gasteiger partial charge in [0.25, 0.3) is 5.91 Å². The Kier molecular flexibility index (Phi) is 5.67. The maximum atomic E-state index is 13.1. The summed E-state index contributed by atoms with van der Waals surface area (Å²) in [5.74, 6) is 1.87. The van der Waals surface area contributed by atoms with Crippen LogP contribution in [0, 0.1) is 0 Å². The number of carbonyl (C=O) groups excluding carboxylic acids is 1. The molecule has 7 heteroatoms. The van der Waals surface area contributed by atoms with Crippen molar-refractivity contribution in [1.82, 2.24) is 4.90 Å². The van der Waals surface area contributed by atoms with Crippen molar-refractivity contribution in [2.75, 3.05) is 26.5 Å². The molecule has 3 rings (SSSR count). The molecule has 0 bridgehead atoms. The normalized spacial score (nSPS) is 16.8. The van der Waals surface area contributed by atoms with Crippen LogP contribution in [-0.4, -0.2) is 37.3 Å². The molecule has 1 amide bonds. The van der Waals surface area contributed by atoms with Gasteiger partial charge in [0.15, 0.2) is 0 Å². The second-order valence-electron chi connectivity index (χ2n) is 5.45. The van der Waals surface area contributed by atoms with Crippen LogP contribution in [0.2, 0.25) is 10.0 Å². The lowest BCUT2D eigenvalue weighted by Crippen LogP contribution is -2.30. The number of halogens is 2. The van der Waals surface area contributed by atoms with Crippen LogP contribution < -0.4 is 9.47 Å². The summed E-state index contributed by atoms with van der Waals surface area (Å²) in [6, 6.07) is 10.6. The van der Waals surface area contributed by atoms with Gasteiger partial charge in [-0.15, -0.1) is 11.8 Å². The number of amides is 1. The first kappa shape index (κ1) is 18.2. The number of rotatable bonds is 4. The number of hydrogen-bond acceptors (Lipinski definition) is 4. The molecular formula is C18H17Cl2NO3S. The van der Waals surface area contributed by atoms with E-state index in [0.29, 0.717) is 33.7 Å². The van der Waals surface area contributed by atoms with Crippen LogP contribution in [0.4, 0.5) is 0 Å². The Morgan fingerprint density at radius 2 is 1.96 bits per heavy atom. The molecule has 0 N–H and O–H groups in total. The summed E-state index contributed by atoms with van der Waals surface area (Å²) in [7, 11) is 3.11. The molecule has 0 radical (unpaired) electrons. The van der Waals surface area contributed by atoms with Crippen LogP contribution >= 0.6 is 35.0 Å². The van der Waals surface area contributed by atoms with Gasteiger partial charge in [-0.05, 0) is 24.3 Å². The quantitative estimate of drug-likeness (QED) is 0.735. The summed E-state index contributed by atoms with van der Waals surface area (Å²) < 4.78 is 10.6. The molecular weight excluding hydrogens is 381 g/mol. The van der Waals surface area contributed by atoms with Gasteiger partial charge in [0.2, 0.25) is 0 Å². The zero-order valence-electron chi connectivity index (χ0n) is 13.8. The van der Waals surface area contributed by atoms with E-state index in [1.165, 1.54) is 7.11 Å². The third kappa shape index (κ3) is 3.68. The van der Waals surface area contributed by atoms with E-state index in [1.54, 1.807) is 49.2 Å². The van der Waals surface area contributed by atoms with Crippen molar-refractivity contribution in [3.63, 3.8) is 0 Å². The van der Waals surface area contributed by atoms with Gasteiger partial charge in [-0.2, -0.15) is 0 Å². The third-order valence-electron chi connectivity index (χ3n) is 4.02. The first-order chi connectivity index (χ1) is 12.0. The standard InChI is InChI=1S/C18H17Cl2NO3S/c1-23-12-4-6-14(16(10-12)24-2)17(22)21-7-8-25-18(21)13-5-3-11(19)9-15(13)20/h3-6,9-10,18H,7-8H2,1-2H3. The van der Waals surface area contributed by atoms with Gasteiger partial charge in [-0.3, -0.25) is 4.79 Å². The average Bonchev–Trinajstić information content (AvgIpc) is 3.09. The molecule has 132 valence electrons. The van der Waals surface area contributed by atoms with Crippen LogP contribution in [0.1, 0.15) is 21.3 Å². The Balaban J connectivity index is 1.93. The van der Waals surface area contributed by atoms with E-state index >= 15 is 0 Å². The van der Waals surface area contributed by atoms with Crippen molar-refractivity contribution >= 4 is 40.9 Å². The minimum atomic E-state index is -0.149. The topological polar surface area (TPSA) is 38.8 Å². The minimum absolute atomic E-state index is 0.0967. The van der Waals surface area contributed by atoms with Crippen molar-refractivity contribution in [3.05, 3.63) is 57.6 Å². The van der Waals surface area contributed by atoms with E-state index in [2.05, 4.69) is 0 Å². The van der Waals surface area contributed by atoms with Crippen molar-refractivity contribution in [3.8, 4) is 11.5 Å². The van der Waals surface area contributed by atoms with Crippen molar-refractivity contribution in [1.29, 1.82) is 0 Å². The molecule has 1 heterocycles. The number of thioether (sulfide) groups is 1.